The van der Waals surface area contributed by atoms with Crippen molar-refractivity contribution in [3.63, 3.8) is 0 Å². The predicted molar refractivity (Wildman–Crippen MR) is 99.7 cm³/mol. The number of allylic oxidation sites excluding steroid dienone is 1. The van der Waals surface area contributed by atoms with Gasteiger partial charge in [-0.2, -0.15) is 0 Å². The Morgan fingerprint density at radius 2 is 1.92 bits per heavy atom. The summed E-state index contributed by atoms with van der Waals surface area (Å²) in [6, 6.07) is 16.2. The topological polar surface area (TPSA) is 80.7 Å². The van der Waals surface area contributed by atoms with Crippen molar-refractivity contribution in [2.75, 3.05) is 11.5 Å². The van der Waals surface area contributed by atoms with Gasteiger partial charge >= 0.3 is 0 Å². The maximum Gasteiger partial charge on any atom is 0.118 e. The van der Waals surface area contributed by atoms with E-state index < -0.39 is 0 Å². The lowest BCUT2D eigenvalue weighted by atomic mass is 9.85. The highest BCUT2D eigenvalue weighted by atomic mass is 14.9. The number of anilines is 2. The number of nitrogens with one attached hydrogen (secondary N) is 1. The van der Waals surface area contributed by atoms with Gasteiger partial charge in [0.1, 0.15) is 5.82 Å². The highest BCUT2D eigenvalue weighted by molar-refractivity contribution is 6.00. The highest BCUT2D eigenvalue weighted by Crippen LogP contribution is 2.39. The standard InChI is InChI=1S/C20H16N4/c21-12-5-9-17-18(10-12)24-20(23-17)14-6-7-15-16(22)8-4-11-2-1-3-13(14)19(11)15/h1-10,14H,21-22H2,(H,23,24). The average Bonchev–Trinajstić information content (AvgIpc) is 3.01. The summed E-state index contributed by atoms with van der Waals surface area (Å²) in [4.78, 5) is 8.19. The molecule has 0 spiro atoms. The van der Waals surface area contributed by atoms with Crippen LogP contribution in [0.1, 0.15) is 22.9 Å². The van der Waals surface area contributed by atoms with Crippen molar-refractivity contribution in [3.05, 3.63) is 71.6 Å². The van der Waals surface area contributed by atoms with E-state index in [9.17, 15) is 0 Å². The fourth-order valence-corrected chi connectivity index (χ4v) is 3.62. The molecule has 0 saturated carbocycles. The molecule has 1 atom stereocenters. The van der Waals surface area contributed by atoms with Crippen molar-refractivity contribution in [1.82, 2.24) is 9.97 Å². The van der Waals surface area contributed by atoms with Gasteiger partial charge in [-0.25, -0.2) is 4.98 Å². The maximum atomic E-state index is 6.17. The SMILES string of the molecule is Nc1ccc2nc(C3C=Cc4c(N)ccc5cccc3c45)[nH]c2c1. The first-order valence-corrected chi connectivity index (χ1v) is 7.95. The minimum Gasteiger partial charge on any atom is -0.399 e. The molecular weight excluding hydrogens is 296 g/mol. The molecule has 5 N–H and O–H groups in total. The van der Waals surface area contributed by atoms with Gasteiger partial charge in [-0.3, -0.25) is 0 Å². The van der Waals surface area contributed by atoms with Gasteiger partial charge in [0.05, 0.1) is 17.0 Å². The number of H-pyrrole nitrogens is 1. The molecule has 116 valence electrons. The van der Waals surface area contributed by atoms with Crippen LogP contribution < -0.4 is 11.5 Å². The van der Waals surface area contributed by atoms with E-state index in [1.54, 1.807) is 0 Å². The lowest BCUT2D eigenvalue weighted by Crippen LogP contribution is -2.06. The minimum atomic E-state index is 0.0802. The lowest BCUT2D eigenvalue weighted by molar-refractivity contribution is 0.932. The Morgan fingerprint density at radius 1 is 1.00 bits per heavy atom. The van der Waals surface area contributed by atoms with E-state index in [4.69, 9.17) is 16.5 Å². The second kappa shape index (κ2) is 4.61. The number of nitrogens with zero attached hydrogens (tertiary/aromatic N) is 1. The van der Waals surface area contributed by atoms with Crippen LogP contribution in [0.2, 0.25) is 0 Å². The number of hydrogen-bond donors (Lipinski definition) is 3. The number of nitrogens with two attached hydrogens (primary N) is 2. The molecule has 0 saturated heterocycles. The normalized spacial score (nSPS) is 16.1. The monoisotopic (exact) mass is 312 g/mol. The Kier molecular flexibility index (Phi) is 2.54. The molecule has 4 nitrogen and oxygen atoms in total. The fourth-order valence-electron chi connectivity index (χ4n) is 3.62. The van der Waals surface area contributed by atoms with E-state index in [0.29, 0.717) is 0 Å². The Bertz CT molecular complexity index is 1140. The maximum absolute atomic E-state index is 6.17. The molecule has 1 unspecified atom stereocenters. The van der Waals surface area contributed by atoms with Crippen LogP contribution in [0.4, 0.5) is 11.4 Å². The van der Waals surface area contributed by atoms with Gasteiger partial charge in [0.25, 0.3) is 0 Å². The van der Waals surface area contributed by atoms with E-state index in [0.717, 1.165) is 33.8 Å². The Balaban J connectivity index is 1.76. The largest absolute Gasteiger partial charge is 0.399 e. The van der Waals surface area contributed by atoms with Crippen LogP contribution in [0.3, 0.4) is 0 Å². The van der Waals surface area contributed by atoms with Crippen LogP contribution in [-0.4, -0.2) is 9.97 Å². The summed E-state index contributed by atoms with van der Waals surface area (Å²) in [5.74, 6) is 1.00. The summed E-state index contributed by atoms with van der Waals surface area (Å²) in [5, 5.41) is 2.41. The van der Waals surface area contributed by atoms with Gasteiger partial charge in [0.2, 0.25) is 0 Å². The highest BCUT2D eigenvalue weighted by Gasteiger charge is 2.22. The third kappa shape index (κ3) is 1.77. The van der Waals surface area contributed by atoms with E-state index >= 15 is 0 Å². The van der Waals surface area contributed by atoms with Gasteiger partial charge in [-0.1, -0.05) is 36.4 Å². The average molecular weight is 312 g/mol. The summed E-state index contributed by atoms with van der Waals surface area (Å²) in [7, 11) is 0. The van der Waals surface area contributed by atoms with Gasteiger partial charge in [0.15, 0.2) is 0 Å². The van der Waals surface area contributed by atoms with Crippen LogP contribution >= 0.6 is 0 Å². The molecule has 4 aromatic rings. The molecule has 0 bridgehead atoms. The van der Waals surface area contributed by atoms with Gasteiger partial charge in [-0.05, 0) is 40.6 Å². The number of aromatic nitrogens is 2. The smallest absolute Gasteiger partial charge is 0.118 e. The summed E-state index contributed by atoms with van der Waals surface area (Å²) in [6.07, 6.45) is 4.27. The summed E-state index contributed by atoms with van der Waals surface area (Å²) in [5.41, 5.74) is 17.8. The zero-order valence-electron chi connectivity index (χ0n) is 13.0. The molecule has 1 aromatic heterocycles. The van der Waals surface area contributed by atoms with Crippen molar-refractivity contribution < 1.29 is 0 Å². The molecule has 0 fully saturated rings. The first-order chi connectivity index (χ1) is 11.7. The van der Waals surface area contributed by atoms with Crippen LogP contribution in [0.5, 0.6) is 0 Å². The first-order valence-electron chi connectivity index (χ1n) is 7.95. The second-order valence-corrected chi connectivity index (χ2v) is 6.25. The van der Waals surface area contributed by atoms with E-state index in [2.05, 4.69) is 41.4 Å². The first kappa shape index (κ1) is 13.2. The van der Waals surface area contributed by atoms with Crippen LogP contribution in [-0.2, 0) is 0 Å². The van der Waals surface area contributed by atoms with E-state index in [1.165, 1.54) is 16.3 Å². The van der Waals surface area contributed by atoms with Crippen molar-refractivity contribution in [3.8, 4) is 0 Å². The second-order valence-electron chi connectivity index (χ2n) is 6.25. The molecule has 24 heavy (non-hydrogen) atoms. The van der Waals surface area contributed by atoms with Crippen LogP contribution in [0.15, 0.2) is 54.6 Å². The third-order valence-corrected chi connectivity index (χ3v) is 4.76. The van der Waals surface area contributed by atoms with Crippen molar-refractivity contribution in [1.29, 1.82) is 0 Å². The van der Waals surface area contributed by atoms with Crippen LogP contribution in [0, 0.1) is 0 Å². The molecule has 1 heterocycles. The molecular formula is C20H16N4. The number of nitrogen functional groups attached to an aromatic ring is 2. The Hall–Kier alpha value is -3.27. The molecule has 5 rings (SSSR count). The van der Waals surface area contributed by atoms with Crippen molar-refractivity contribution >= 4 is 39.3 Å². The number of imidazole rings is 1. The lowest BCUT2D eigenvalue weighted by Gasteiger charge is -2.21. The summed E-state index contributed by atoms with van der Waals surface area (Å²) in [6.45, 7) is 0. The fraction of sp³-hybridized carbons (Fsp3) is 0.0500. The van der Waals surface area contributed by atoms with Crippen LogP contribution in [0.25, 0.3) is 27.9 Å². The number of aromatic amines is 1. The third-order valence-electron chi connectivity index (χ3n) is 4.76. The Labute approximate surface area is 138 Å². The number of rotatable bonds is 1. The van der Waals surface area contributed by atoms with Gasteiger partial charge in [0, 0.05) is 16.9 Å². The molecule has 4 heteroatoms. The van der Waals surface area contributed by atoms with E-state index in [-0.39, 0.29) is 5.92 Å². The zero-order valence-corrected chi connectivity index (χ0v) is 13.0. The predicted octanol–water partition coefficient (Wildman–Crippen LogP) is 4.04. The van der Waals surface area contributed by atoms with Crippen molar-refractivity contribution in [2.24, 2.45) is 0 Å². The molecule has 0 aliphatic heterocycles. The van der Waals surface area contributed by atoms with Gasteiger partial charge < -0.3 is 16.5 Å². The Morgan fingerprint density at radius 3 is 2.83 bits per heavy atom. The van der Waals surface area contributed by atoms with E-state index in [1.807, 2.05) is 24.3 Å². The number of fused-ring (bicyclic) bond motifs is 1. The summed E-state index contributed by atoms with van der Waals surface area (Å²) < 4.78 is 0. The molecule has 3 aromatic carbocycles. The molecule has 1 aliphatic carbocycles. The molecule has 0 amide bonds. The molecule has 1 aliphatic rings. The zero-order chi connectivity index (χ0) is 16.3. The number of hydrogen-bond acceptors (Lipinski definition) is 3. The molecule has 0 radical (unpaired) electrons. The number of benzene rings is 3. The minimum absolute atomic E-state index is 0.0802. The quantitative estimate of drug-likeness (QED) is 0.464. The van der Waals surface area contributed by atoms with Gasteiger partial charge in [-0.15, -0.1) is 0 Å². The summed E-state index contributed by atoms with van der Waals surface area (Å²) >= 11 is 0. The van der Waals surface area contributed by atoms with Crippen molar-refractivity contribution in [2.45, 2.75) is 5.92 Å².